The van der Waals surface area contributed by atoms with Crippen molar-refractivity contribution in [2.24, 2.45) is 0 Å². The van der Waals surface area contributed by atoms with Crippen molar-refractivity contribution in [2.45, 2.75) is 43.9 Å². The van der Waals surface area contributed by atoms with Gasteiger partial charge in [-0.05, 0) is 12.1 Å². The molecule has 0 spiro atoms. The van der Waals surface area contributed by atoms with E-state index in [9.17, 15) is 14.7 Å². The van der Waals surface area contributed by atoms with Gasteiger partial charge in [-0.3, -0.25) is 4.79 Å². The number of carbonyl (C=O) groups excluding carboxylic acids is 2. The van der Waals surface area contributed by atoms with Crippen LogP contribution in [-0.2, 0) is 23.7 Å². The van der Waals surface area contributed by atoms with E-state index in [2.05, 4.69) is 5.32 Å². The van der Waals surface area contributed by atoms with Crippen LogP contribution < -0.4 is 5.32 Å². The highest BCUT2D eigenvalue weighted by atomic mass is 16.8. The van der Waals surface area contributed by atoms with Crippen molar-refractivity contribution in [2.75, 3.05) is 6.61 Å². The first-order valence-corrected chi connectivity index (χ1v) is 9.71. The van der Waals surface area contributed by atoms with Crippen molar-refractivity contribution in [3.63, 3.8) is 0 Å². The molecule has 0 radical (unpaired) electrons. The molecule has 4 rings (SSSR count). The largest absolute Gasteiger partial charge is 0.430 e. The number of benzene rings is 2. The molecule has 2 heterocycles. The Morgan fingerprint density at radius 1 is 1.03 bits per heavy atom. The number of hydrogen-bond acceptors (Lipinski definition) is 7. The SMILES string of the molecule is CC(=O)N[C@H]1[C@H](OC(=O)c2ccccc2)O[C@@H]2CO[C@@H](c3ccccc3)O[C@H]2[C@@H]1O. The van der Waals surface area contributed by atoms with Crippen LogP contribution in [0.1, 0.15) is 29.1 Å². The summed E-state index contributed by atoms with van der Waals surface area (Å²) in [6.07, 6.45) is -4.48. The predicted octanol–water partition coefficient (Wildman–Crippen LogP) is 1.55. The summed E-state index contributed by atoms with van der Waals surface area (Å²) in [4.78, 5) is 24.2. The number of carbonyl (C=O) groups is 2. The highest BCUT2D eigenvalue weighted by Crippen LogP contribution is 2.34. The van der Waals surface area contributed by atoms with E-state index < -0.39 is 48.8 Å². The number of esters is 1. The number of aliphatic hydroxyl groups is 1. The molecule has 2 fully saturated rings. The molecule has 0 aromatic heterocycles. The van der Waals surface area contributed by atoms with Gasteiger partial charge in [0.25, 0.3) is 0 Å². The van der Waals surface area contributed by atoms with Crippen molar-refractivity contribution in [1.29, 1.82) is 0 Å². The third-order valence-electron chi connectivity index (χ3n) is 5.04. The number of aliphatic hydroxyl groups excluding tert-OH is 1. The second kappa shape index (κ2) is 8.93. The van der Waals surface area contributed by atoms with Gasteiger partial charge in [-0.15, -0.1) is 0 Å². The summed E-state index contributed by atoms with van der Waals surface area (Å²) >= 11 is 0. The number of hydrogen-bond donors (Lipinski definition) is 2. The first kappa shape index (κ1) is 20.5. The molecule has 2 aromatic rings. The molecule has 0 bridgehead atoms. The van der Waals surface area contributed by atoms with E-state index >= 15 is 0 Å². The predicted molar refractivity (Wildman–Crippen MR) is 104 cm³/mol. The molecule has 8 nitrogen and oxygen atoms in total. The Labute approximate surface area is 173 Å². The first-order valence-electron chi connectivity index (χ1n) is 9.71. The van der Waals surface area contributed by atoms with E-state index in [-0.39, 0.29) is 6.61 Å². The smallest absolute Gasteiger partial charge is 0.340 e. The minimum Gasteiger partial charge on any atom is -0.430 e. The Balaban J connectivity index is 1.51. The standard InChI is InChI=1S/C22H23NO7/c1-13(24)23-17-18(25)19-16(12-27-21(29-19)15-10-6-3-7-11-15)28-22(17)30-20(26)14-8-4-2-5-9-14/h2-11,16-19,21-22,25H,12H2,1H3,(H,23,24)/t16-,17-,18-,19-,21-,22+/m1/s1. The van der Waals surface area contributed by atoms with Crippen LogP contribution in [0.15, 0.2) is 60.7 Å². The molecular formula is C22H23NO7. The van der Waals surface area contributed by atoms with Gasteiger partial charge in [-0.25, -0.2) is 4.79 Å². The van der Waals surface area contributed by atoms with Gasteiger partial charge in [0.15, 0.2) is 6.29 Å². The zero-order valence-electron chi connectivity index (χ0n) is 16.3. The van der Waals surface area contributed by atoms with Crippen LogP contribution in [0.3, 0.4) is 0 Å². The van der Waals surface area contributed by atoms with E-state index in [0.29, 0.717) is 5.56 Å². The third-order valence-corrected chi connectivity index (χ3v) is 5.04. The average Bonchev–Trinajstić information content (AvgIpc) is 2.77. The van der Waals surface area contributed by atoms with E-state index in [1.165, 1.54) is 6.92 Å². The summed E-state index contributed by atoms with van der Waals surface area (Å²) < 4.78 is 23.1. The Kier molecular flexibility index (Phi) is 6.10. The Morgan fingerprint density at radius 2 is 1.70 bits per heavy atom. The van der Waals surface area contributed by atoms with Gasteiger partial charge in [-0.1, -0.05) is 48.5 Å². The normalized spacial score (nSPS) is 30.7. The molecule has 2 aliphatic heterocycles. The van der Waals surface area contributed by atoms with Crippen LogP contribution in [0.4, 0.5) is 0 Å². The van der Waals surface area contributed by atoms with Crippen LogP contribution in [0.5, 0.6) is 0 Å². The highest BCUT2D eigenvalue weighted by molar-refractivity contribution is 5.89. The minimum absolute atomic E-state index is 0.132. The fourth-order valence-corrected chi connectivity index (χ4v) is 3.61. The lowest BCUT2D eigenvalue weighted by molar-refractivity contribution is -0.336. The van der Waals surface area contributed by atoms with Gasteiger partial charge in [0.1, 0.15) is 24.4 Å². The van der Waals surface area contributed by atoms with Crippen LogP contribution >= 0.6 is 0 Å². The van der Waals surface area contributed by atoms with Crippen LogP contribution in [0.2, 0.25) is 0 Å². The maximum atomic E-state index is 12.5. The summed E-state index contributed by atoms with van der Waals surface area (Å²) in [6, 6.07) is 16.7. The third kappa shape index (κ3) is 4.36. The molecule has 2 aliphatic rings. The molecular weight excluding hydrogens is 390 g/mol. The summed E-state index contributed by atoms with van der Waals surface area (Å²) in [6.45, 7) is 1.44. The fourth-order valence-electron chi connectivity index (χ4n) is 3.61. The van der Waals surface area contributed by atoms with Crippen molar-refractivity contribution >= 4 is 11.9 Å². The van der Waals surface area contributed by atoms with E-state index in [4.69, 9.17) is 18.9 Å². The molecule has 0 aliphatic carbocycles. The molecule has 1 amide bonds. The van der Waals surface area contributed by atoms with Gasteiger partial charge >= 0.3 is 5.97 Å². The number of nitrogens with one attached hydrogen (secondary N) is 1. The molecule has 0 saturated carbocycles. The number of ether oxygens (including phenoxy) is 4. The summed E-state index contributed by atoms with van der Waals surface area (Å²) in [5, 5.41) is 13.6. The molecule has 2 aromatic carbocycles. The second-order valence-corrected chi connectivity index (χ2v) is 7.21. The lowest BCUT2D eigenvalue weighted by atomic mass is 9.95. The molecule has 30 heavy (non-hydrogen) atoms. The van der Waals surface area contributed by atoms with E-state index in [0.717, 1.165) is 5.56 Å². The van der Waals surface area contributed by atoms with Crippen molar-refractivity contribution in [3.8, 4) is 0 Å². The lowest BCUT2D eigenvalue weighted by Crippen LogP contribution is -2.66. The Morgan fingerprint density at radius 3 is 2.37 bits per heavy atom. The monoisotopic (exact) mass is 413 g/mol. The van der Waals surface area contributed by atoms with Crippen LogP contribution in [0, 0.1) is 0 Å². The molecule has 0 unspecified atom stereocenters. The summed E-state index contributed by atoms with van der Waals surface area (Å²) in [5.41, 5.74) is 1.14. The molecule has 6 atom stereocenters. The van der Waals surface area contributed by atoms with Gasteiger partial charge in [0.2, 0.25) is 12.2 Å². The first-order chi connectivity index (χ1) is 14.5. The van der Waals surface area contributed by atoms with Gasteiger partial charge in [-0.2, -0.15) is 0 Å². The highest BCUT2D eigenvalue weighted by Gasteiger charge is 2.51. The molecule has 158 valence electrons. The van der Waals surface area contributed by atoms with Crippen LogP contribution in [0.25, 0.3) is 0 Å². The summed E-state index contributed by atoms with van der Waals surface area (Å²) in [7, 11) is 0. The Bertz CT molecular complexity index is 876. The zero-order chi connectivity index (χ0) is 21.1. The van der Waals surface area contributed by atoms with Crippen molar-refractivity contribution < 1.29 is 33.6 Å². The molecule has 8 heteroatoms. The number of rotatable bonds is 4. The maximum absolute atomic E-state index is 12.5. The van der Waals surface area contributed by atoms with Gasteiger partial charge in [0.05, 0.1) is 12.2 Å². The average molecular weight is 413 g/mol. The molecule has 2 N–H and O–H groups in total. The van der Waals surface area contributed by atoms with Crippen LogP contribution in [-0.4, -0.2) is 54.2 Å². The zero-order valence-corrected chi connectivity index (χ0v) is 16.3. The molecule has 2 saturated heterocycles. The lowest BCUT2D eigenvalue weighted by Gasteiger charge is -2.47. The Hall–Kier alpha value is -2.78. The quantitative estimate of drug-likeness (QED) is 0.733. The van der Waals surface area contributed by atoms with Crippen molar-refractivity contribution in [3.05, 3.63) is 71.8 Å². The fraction of sp³-hybridized carbons (Fsp3) is 0.364. The minimum atomic E-state index is -1.20. The topological polar surface area (TPSA) is 103 Å². The summed E-state index contributed by atoms with van der Waals surface area (Å²) in [5.74, 6) is -1.02. The number of fused-ring (bicyclic) bond motifs is 1. The maximum Gasteiger partial charge on any atom is 0.340 e. The van der Waals surface area contributed by atoms with Gasteiger partial charge in [0, 0.05) is 12.5 Å². The van der Waals surface area contributed by atoms with Crippen molar-refractivity contribution in [1.82, 2.24) is 5.32 Å². The van der Waals surface area contributed by atoms with E-state index in [1.807, 2.05) is 30.3 Å². The number of amides is 1. The van der Waals surface area contributed by atoms with E-state index in [1.54, 1.807) is 30.3 Å². The second-order valence-electron chi connectivity index (χ2n) is 7.21. The van der Waals surface area contributed by atoms with Gasteiger partial charge < -0.3 is 29.4 Å².